The lowest BCUT2D eigenvalue weighted by atomic mass is 10.2. The molecule has 1 unspecified atom stereocenters. The third kappa shape index (κ3) is 2.91. The first-order chi connectivity index (χ1) is 5.72. The summed E-state index contributed by atoms with van der Waals surface area (Å²) in [5.41, 5.74) is 6.89. The van der Waals surface area contributed by atoms with Gasteiger partial charge in [0.25, 0.3) is 0 Å². The number of aromatic nitrogens is 1. The highest BCUT2D eigenvalue weighted by Gasteiger charge is 2.03. The molecule has 0 aliphatic carbocycles. The summed E-state index contributed by atoms with van der Waals surface area (Å²) in [5.74, 6) is 0. The number of rotatable bonds is 4. The number of hydrogen-bond donors (Lipinski definition) is 1. The summed E-state index contributed by atoms with van der Waals surface area (Å²) < 4.78 is 0. The Morgan fingerprint density at radius 2 is 2.42 bits per heavy atom. The molecular formula is C9H16N2S. The standard InChI is InChI=1S/C9H16N2S/c1-3-4-8-6-12-9(11-8)5-7(2)10/h6-7H,3-5,10H2,1-2H3. The molecule has 0 saturated carbocycles. The quantitative estimate of drug-likeness (QED) is 0.777. The minimum Gasteiger partial charge on any atom is -0.328 e. The van der Waals surface area contributed by atoms with Crippen LogP contribution in [-0.2, 0) is 12.8 Å². The van der Waals surface area contributed by atoms with Crippen LogP contribution in [0.2, 0.25) is 0 Å². The second kappa shape index (κ2) is 4.58. The maximum atomic E-state index is 5.67. The molecule has 1 heterocycles. The molecule has 1 aromatic heterocycles. The molecule has 2 N–H and O–H groups in total. The molecule has 0 aliphatic rings. The fraction of sp³-hybridized carbons (Fsp3) is 0.667. The Bertz CT molecular complexity index is 230. The zero-order chi connectivity index (χ0) is 8.97. The lowest BCUT2D eigenvalue weighted by molar-refractivity contribution is 0.729. The Balaban J connectivity index is 2.52. The SMILES string of the molecule is CCCc1csc(CC(C)N)n1. The molecule has 1 atom stereocenters. The number of thiazole rings is 1. The molecule has 3 heteroatoms. The van der Waals surface area contributed by atoms with Crippen LogP contribution in [0.25, 0.3) is 0 Å². The Morgan fingerprint density at radius 1 is 1.67 bits per heavy atom. The fourth-order valence-electron chi connectivity index (χ4n) is 1.09. The van der Waals surface area contributed by atoms with Crippen LogP contribution in [0.15, 0.2) is 5.38 Å². The molecule has 0 spiro atoms. The molecule has 12 heavy (non-hydrogen) atoms. The van der Waals surface area contributed by atoms with Crippen LogP contribution >= 0.6 is 11.3 Å². The molecule has 0 radical (unpaired) electrons. The van der Waals surface area contributed by atoms with Crippen molar-refractivity contribution < 1.29 is 0 Å². The average Bonchev–Trinajstić information content (AvgIpc) is 2.36. The van der Waals surface area contributed by atoms with E-state index in [1.165, 1.54) is 17.1 Å². The molecule has 0 amide bonds. The van der Waals surface area contributed by atoms with Crippen molar-refractivity contribution >= 4 is 11.3 Å². The van der Waals surface area contributed by atoms with Gasteiger partial charge in [-0.3, -0.25) is 0 Å². The van der Waals surface area contributed by atoms with E-state index in [9.17, 15) is 0 Å². The van der Waals surface area contributed by atoms with E-state index < -0.39 is 0 Å². The lowest BCUT2D eigenvalue weighted by Crippen LogP contribution is -2.17. The summed E-state index contributed by atoms with van der Waals surface area (Å²) in [4.78, 5) is 4.48. The molecule has 68 valence electrons. The predicted octanol–water partition coefficient (Wildman–Crippen LogP) is 1.99. The van der Waals surface area contributed by atoms with Gasteiger partial charge < -0.3 is 5.73 Å². The van der Waals surface area contributed by atoms with Gasteiger partial charge in [-0.15, -0.1) is 11.3 Å². The van der Waals surface area contributed by atoms with Crippen molar-refractivity contribution in [2.75, 3.05) is 0 Å². The van der Waals surface area contributed by atoms with Crippen molar-refractivity contribution in [2.45, 2.75) is 39.2 Å². The lowest BCUT2D eigenvalue weighted by Gasteiger charge is -1.98. The highest BCUT2D eigenvalue weighted by atomic mass is 32.1. The van der Waals surface area contributed by atoms with E-state index >= 15 is 0 Å². The number of nitrogens with zero attached hydrogens (tertiary/aromatic N) is 1. The van der Waals surface area contributed by atoms with Gasteiger partial charge in [-0.05, 0) is 13.3 Å². The largest absolute Gasteiger partial charge is 0.328 e. The summed E-state index contributed by atoms with van der Waals surface area (Å²) in [6.45, 7) is 4.19. The number of aryl methyl sites for hydroxylation is 1. The summed E-state index contributed by atoms with van der Waals surface area (Å²) in [7, 11) is 0. The Morgan fingerprint density at radius 3 is 3.00 bits per heavy atom. The number of nitrogens with two attached hydrogens (primary N) is 1. The second-order valence-corrected chi connectivity index (χ2v) is 4.11. The average molecular weight is 184 g/mol. The highest BCUT2D eigenvalue weighted by Crippen LogP contribution is 2.12. The first-order valence-electron chi connectivity index (χ1n) is 4.41. The van der Waals surface area contributed by atoms with Gasteiger partial charge >= 0.3 is 0 Å². The first kappa shape index (κ1) is 9.68. The highest BCUT2D eigenvalue weighted by molar-refractivity contribution is 7.09. The van der Waals surface area contributed by atoms with Crippen molar-refractivity contribution in [3.63, 3.8) is 0 Å². The van der Waals surface area contributed by atoms with Crippen LogP contribution in [-0.4, -0.2) is 11.0 Å². The van der Waals surface area contributed by atoms with E-state index in [-0.39, 0.29) is 6.04 Å². The molecule has 0 aliphatic heterocycles. The van der Waals surface area contributed by atoms with Gasteiger partial charge in [-0.1, -0.05) is 13.3 Å². The van der Waals surface area contributed by atoms with Gasteiger partial charge in [0.2, 0.25) is 0 Å². The van der Waals surface area contributed by atoms with Crippen molar-refractivity contribution in [3.05, 3.63) is 16.1 Å². The Kier molecular flexibility index (Phi) is 3.69. The van der Waals surface area contributed by atoms with Gasteiger partial charge in [0, 0.05) is 17.8 Å². The van der Waals surface area contributed by atoms with Crippen LogP contribution in [0.4, 0.5) is 0 Å². The zero-order valence-electron chi connectivity index (χ0n) is 7.71. The topological polar surface area (TPSA) is 38.9 Å². The predicted molar refractivity (Wildman–Crippen MR) is 53.5 cm³/mol. The molecule has 0 fully saturated rings. The summed E-state index contributed by atoms with van der Waals surface area (Å²) in [5, 5.41) is 3.31. The van der Waals surface area contributed by atoms with E-state index in [2.05, 4.69) is 17.3 Å². The minimum absolute atomic E-state index is 0.227. The molecule has 1 aromatic rings. The van der Waals surface area contributed by atoms with E-state index in [0.29, 0.717) is 0 Å². The summed E-state index contributed by atoms with van der Waals surface area (Å²) in [6, 6.07) is 0.227. The van der Waals surface area contributed by atoms with Gasteiger partial charge in [0.1, 0.15) is 0 Å². The summed E-state index contributed by atoms with van der Waals surface area (Å²) in [6.07, 6.45) is 3.17. The van der Waals surface area contributed by atoms with Crippen molar-refractivity contribution in [3.8, 4) is 0 Å². The smallest absolute Gasteiger partial charge is 0.0943 e. The van der Waals surface area contributed by atoms with Crippen LogP contribution < -0.4 is 5.73 Å². The fourth-order valence-corrected chi connectivity index (χ4v) is 2.06. The Hall–Kier alpha value is -0.410. The Labute approximate surface area is 77.8 Å². The van der Waals surface area contributed by atoms with E-state index in [4.69, 9.17) is 5.73 Å². The van der Waals surface area contributed by atoms with Gasteiger partial charge in [-0.2, -0.15) is 0 Å². The molecule has 0 saturated heterocycles. The van der Waals surface area contributed by atoms with E-state index in [1.54, 1.807) is 11.3 Å². The molecule has 0 aromatic carbocycles. The van der Waals surface area contributed by atoms with Crippen LogP contribution in [0.5, 0.6) is 0 Å². The third-order valence-corrected chi connectivity index (χ3v) is 2.52. The monoisotopic (exact) mass is 184 g/mol. The van der Waals surface area contributed by atoms with Crippen molar-refractivity contribution in [1.29, 1.82) is 0 Å². The maximum absolute atomic E-state index is 5.67. The molecular weight excluding hydrogens is 168 g/mol. The van der Waals surface area contributed by atoms with Crippen LogP contribution in [0.1, 0.15) is 31.0 Å². The number of hydrogen-bond acceptors (Lipinski definition) is 3. The van der Waals surface area contributed by atoms with Crippen molar-refractivity contribution in [2.24, 2.45) is 5.73 Å². The normalized spacial score (nSPS) is 13.2. The minimum atomic E-state index is 0.227. The molecule has 1 rings (SSSR count). The van der Waals surface area contributed by atoms with Gasteiger partial charge in [0.05, 0.1) is 10.7 Å². The second-order valence-electron chi connectivity index (χ2n) is 3.16. The maximum Gasteiger partial charge on any atom is 0.0943 e. The third-order valence-electron chi connectivity index (χ3n) is 1.60. The van der Waals surface area contributed by atoms with Crippen LogP contribution in [0.3, 0.4) is 0 Å². The molecule has 0 bridgehead atoms. The first-order valence-corrected chi connectivity index (χ1v) is 5.29. The van der Waals surface area contributed by atoms with Crippen molar-refractivity contribution in [1.82, 2.24) is 4.98 Å². The van der Waals surface area contributed by atoms with Crippen LogP contribution in [0, 0.1) is 0 Å². The van der Waals surface area contributed by atoms with E-state index in [1.807, 2.05) is 6.92 Å². The molecule has 2 nitrogen and oxygen atoms in total. The van der Waals surface area contributed by atoms with Gasteiger partial charge in [-0.25, -0.2) is 4.98 Å². The zero-order valence-corrected chi connectivity index (χ0v) is 8.53. The summed E-state index contributed by atoms with van der Waals surface area (Å²) >= 11 is 1.73. The van der Waals surface area contributed by atoms with E-state index in [0.717, 1.165) is 12.8 Å². The van der Waals surface area contributed by atoms with Gasteiger partial charge in [0.15, 0.2) is 0 Å².